The predicted molar refractivity (Wildman–Crippen MR) is 72.5 cm³/mol. The summed E-state index contributed by atoms with van der Waals surface area (Å²) in [4.78, 5) is 11.7. The molecule has 0 aromatic rings. The second-order valence-corrected chi connectivity index (χ2v) is 8.41. The Kier molecular flexibility index (Phi) is 4.20. The quantitative estimate of drug-likeness (QED) is 0.776. The fourth-order valence-electron chi connectivity index (χ4n) is 3.28. The topological polar surface area (TPSA) is 72.5 Å². The van der Waals surface area contributed by atoms with Crippen LogP contribution in [-0.4, -0.2) is 45.1 Å². The van der Waals surface area contributed by atoms with Gasteiger partial charge in [-0.05, 0) is 51.0 Å². The van der Waals surface area contributed by atoms with E-state index in [4.69, 9.17) is 4.74 Å². The molecule has 0 bridgehead atoms. The van der Waals surface area contributed by atoms with Crippen molar-refractivity contribution in [2.45, 2.75) is 38.1 Å². The van der Waals surface area contributed by atoms with Gasteiger partial charge >= 0.3 is 5.97 Å². The van der Waals surface area contributed by atoms with Crippen molar-refractivity contribution in [3.8, 4) is 0 Å². The number of methoxy groups -OCH3 is 1. The zero-order valence-corrected chi connectivity index (χ0v) is 12.5. The first-order valence-electron chi connectivity index (χ1n) is 6.88. The van der Waals surface area contributed by atoms with Gasteiger partial charge in [-0.1, -0.05) is 0 Å². The third kappa shape index (κ3) is 3.48. The maximum Gasteiger partial charge on any atom is 0.325 e. The summed E-state index contributed by atoms with van der Waals surface area (Å²) in [7, 11) is -1.37. The maximum absolute atomic E-state index is 11.7. The molecule has 1 N–H and O–H groups in total. The van der Waals surface area contributed by atoms with Crippen LogP contribution in [0.1, 0.15) is 32.6 Å². The maximum atomic E-state index is 11.7. The van der Waals surface area contributed by atoms with Crippen LogP contribution >= 0.6 is 0 Å². The van der Waals surface area contributed by atoms with Crippen LogP contribution in [0.25, 0.3) is 0 Å². The molecule has 2 rings (SSSR count). The summed E-state index contributed by atoms with van der Waals surface area (Å²) in [6, 6.07) is 0. The Morgan fingerprint density at radius 1 is 1.32 bits per heavy atom. The minimum absolute atomic E-state index is 0.207. The van der Waals surface area contributed by atoms with Gasteiger partial charge in [-0.25, -0.2) is 8.42 Å². The molecule has 19 heavy (non-hydrogen) atoms. The number of hydrogen-bond donors (Lipinski definition) is 1. The van der Waals surface area contributed by atoms with Crippen LogP contribution in [0, 0.1) is 11.8 Å². The first-order valence-corrected chi connectivity index (χ1v) is 8.71. The van der Waals surface area contributed by atoms with Crippen LogP contribution in [0.15, 0.2) is 0 Å². The largest absolute Gasteiger partial charge is 0.468 e. The first kappa shape index (κ1) is 14.8. The van der Waals surface area contributed by atoms with E-state index in [1.165, 1.54) is 7.11 Å². The fraction of sp³-hybridized carbons (Fsp3) is 0.923. The molecule has 0 aromatic carbocycles. The highest BCUT2D eigenvalue weighted by atomic mass is 32.2. The van der Waals surface area contributed by atoms with Gasteiger partial charge in [0.05, 0.1) is 18.6 Å². The van der Waals surface area contributed by atoms with Crippen molar-refractivity contribution in [1.82, 2.24) is 5.32 Å². The Morgan fingerprint density at radius 2 is 1.95 bits per heavy atom. The summed E-state index contributed by atoms with van der Waals surface area (Å²) in [6.07, 6.45) is 3.33. The Morgan fingerprint density at radius 3 is 2.53 bits per heavy atom. The minimum Gasteiger partial charge on any atom is -0.468 e. The molecule has 0 spiro atoms. The summed E-state index contributed by atoms with van der Waals surface area (Å²) in [5.74, 6) is 1.37. The van der Waals surface area contributed by atoms with Crippen LogP contribution in [0.5, 0.6) is 0 Å². The Labute approximate surface area is 115 Å². The van der Waals surface area contributed by atoms with E-state index in [0.717, 1.165) is 32.2 Å². The lowest BCUT2D eigenvalue weighted by Crippen LogP contribution is -2.45. The number of nitrogens with one attached hydrogen (secondary N) is 1. The van der Waals surface area contributed by atoms with Gasteiger partial charge < -0.3 is 10.1 Å². The summed E-state index contributed by atoms with van der Waals surface area (Å²) in [5, 5.41) is 3.25. The average molecular weight is 289 g/mol. The average Bonchev–Trinajstić information content (AvgIpc) is 2.74. The molecule has 2 fully saturated rings. The van der Waals surface area contributed by atoms with Crippen LogP contribution in [0.3, 0.4) is 0 Å². The number of carbonyl (C=O) groups excluding carboxylic acids is 1. The van der Waals surface area contributed by atoms with Crippen LogP contribution in [0.2, 0.25) is 0 Å². The van der Waals surface area contributed by atoms with Crippen molar-refractivity contribution >= 4 is 15.8 Å². The molecule has 110 valence electrons. The minimum atomic E-state index is -2.78. The summed E-state index contributed by atoms with van der Waals surface area (Å²) >= 11 is 0. The SMILES string of the molecule is COC(=O)C1(C)CC(CC2CCS(=O)(=O)CC2)CN1. The van der Waals surface area contributed by atoms with Gasteiger partial charge in [0.25, 0.3) is 0 Å². The number of hydrogen-bond acceptors (Lipinski definition) is 5. The van der Waals surface area contributed by atoms with Gasteiger partial charge in [0, 0.05) is 0 Å². The summed E-state index contributed by atoms with van der Waals surface area (Å²) in [6.45, 7) is 2.69. The molecule has 2 unspecified atom stereocenters. The molecule has 0 saturated carbocycles. The van der Waals surface area contributed by atoms with Crippen molar-refractivity contribution < 1.29 is 17.9 Å². The number of esters is 1. The highest BCUT2D eigenvalue weighted by molar-refractivity contribution is 7.91. The lowest BCUT2D eigenvalue weighted by molar-refractivity contribution is -0.147. The van der Waals surface area contributed by atoms with Crippen LogP contribution < -0.4 is 5.32 Å². The van der Waals surface area contributed by atoms with E-state index >= 15 is 0 Å². The van der Waals surface area contributed by atoms with Crippen molar-refractivity contribution in [2.24, 2.45) is 11.8 Å². The van der Waals surface area contributed by atoms with E-state index in [1.54, 1.807) is 0 Å². The van der Waals surface area contributed by atoms with E-state index in [2.05, 4.69) is 5.32 Å². The third-order valence-electron chi connectivity index (χ3n) is 4.45. The van der Waals surface area contributed by atoms with Gasteiger partial charge in [-0.15, -0.1) is 0 Å². The summed E-state index contributed by atoms with van der Waals surface area (Å²) in [5.41, 5.74) is -0.569. The lowest BCUT2D eigenvalue weighted by atomic mass is 9.86. The lowest BCUT2D eigenvalue weighted by Gasteiger charge is -2.25. The van der Waals surface area contributed by atoms with Gasteiger partial charge in [-0.3, -0.25) is 4.79 Å². The Balaban J connectivity index is 1.84. The molecule has 2 atom stereocenters. The number of rotatable bonds is 3. The molecule has 2 aliphatic rings. The normalized spacial score (nSPS) is 35.2. The van der Waals surface area contributed by atoms with E-state index in [9.17, 15) is 13.2 Å². The van der Waals surface area contributed by atoms with E-state index in [1.807, 2.05) is 6.92 Å². The molecule has 0 radical (unpaired) electrons. The van der Waals surface area contributed by atoms with Gasteiger partial charge in [0.15, 0.2) is 0 Å². The van der Waals surface area contributed by atoms with Crippen molar-refractivity contribution in [1.29, 1.82) is 0 Å². The van der Waals surface area contributed by atoms with Crippen molar-refractivity contribution in [3.63, 3.8) is 0 Å². The number of ether oxygens (including phenoxy) is 1. The van der Waals surface area contributed by atoms with E-state index < -0.39 is 15.4 Å². The number of carbonyl (C=O) groups is 1. The third-order valence-corrected chi connectivity index (χ3v) is 6.17. The van der Waals surface area contributed by atoms with Crippen molar-refractivity contribution in [2.75, 3.05) is 25.2 Å². The highest BCUT2D eigenvalue weighted by Crippen LogP contribution is 2.33. The molecule has 2 saturated heterocycles. The Bertz CT molecular complexity index is 434. The molecule has 0 amide bonds. The zero-order valence-electron chi connectivity index (χ0n) is 11.6. The van der Waals surface area contributed by atoms with Gasteiger partial charge in [0.1, 0.15) is 15.4 Å². The molecular weight excluding hydrogens is 266 g/mol. The molecule has 5 nitrogen and oxygen atoms in total. The van der Waals surface area contributed by atoms with E-state index in [-0.39, 0.29) is 5.97 Å². The first-order chi connectivity index (χ1) is 8.85. The molecular formula is C13H23NO4S. The zero-order chi connectivity index (χ0) is 14.1. The van der Waals surface area contributed by atoms with Crippen LogP contribution in [-0.2, 0) is 19.4 Å². The smallest absolute Gasteiger partial charge is 0.325 e. The molecule has 0 aliphatic carbocycles. The monoisotopic (exact) mass is 289 g/mol. The molecule has 0 aromatic heterocycles. The van der Waals surface area contributed by atoms with E-state index in [0.29, 0.717) is 23.3 Å². The predicted octanol–water partition coefficient (Wildman–Crippen LogP) is 0.742. The second-order valence-electron chi connectivity index (χ2n) is 6.11. The molecule has 2 aliphatic heterocycles. The summed E-state index contributed by atoms with van der Waals surface area (Å²) < 4.78 is 27.6. The standard InChI is InChI=1S/C13H23NO4S/c1-13(12(15)18-2)8-11(9-14-13)7-10-3-5-19(16,17)6-4-10/h10-11,14H,3-9H2,1-2H3. The highest BCUT2D eigenvalue weighted by Gasteiger charge is 2.42. The Hall–Kier alpha value is -0.620. The molecule has 6 heteroatoms. The van der Waals surface area contributed by atoms with Gasteiger partial charge in [0.2, 0.25) is 0 Å². The second kappa shape index (κ2) is 5.40. The van der Waals surface area contributed by atoms with Crippen molar-refractivity contribution in [3.05, 3.63) is 0 Å². The fourth-order valence-corrected chi connectivity index (χ4v) is 4.87. The molecule has 2 heterocycles. The van der Waals surface area contributed by atoms with Gasteiger partial charge in [-0.2, -0.15) is 0 Å². The number of sulfone groups is 1. The van der Waals surface area contributed by atoms with Crippen LogP contribution in [0.4, 0.5) is 0 Å².